The van der Waals surface area contributed by atoms with Crippen LogP contribution in [0.3, 0.4) is 0 Å². The summed E-state index contributed by atoms with van der Waals surface area (Å²) in [6.07, 6.45) is -0.385. The number of nitrogens with one attached hydrogen (secondary N) is 2. The molecule has 4 nitrogen and oxygen atoms in total. The lowest BCUT2D eigenvalue weighted by atomic mass is 10.2. The van der Waals surface area contributed by atoms with Crippen LogP contribution in [-0.4, -0.2) is 24.8 Å². The maximum absolute atomic E-state index is 11.4. The summed E-state index contributed by atoms with van der Waals surface area (Å²) in [5.41, 5.74) is 0.712. The lowest BCUT2D eigenvalue weighted by Crippen LogP contribution is -2.36. The predicted molar refractivity (Wildman–Crippen MR) is 87.8 cm³/mol. The van der Waals surface area contributed by atoms with Crippen molar-refractivity contribution >= 4 is 38.0 Å². The van der Waals surface area contributed by atoms with E-state index in [2.05, 4.69) is 54.6 Å². The van der Waals surface area contributed by atoms with E-state index in [0.29, 0.717) is 13.1 Å². The minimum absolute atomic E-state index is 0.385. The Morgan fingerprint density at radius 3 is 2.30 bits per heavy atom. The Morgan fingerprint density at radius 1 is 1.15 bits per heavy atom. The standard InChI is InChI=1S/C14H20Br2N2O2/c1-14(2,3)20-13(19)18-5-4-17-9-10-6-11(15)8-12(16)7-10/h6-8,17H,4-5,9H2,1-3H3,(H,18,19). The Morgan fingerprint density at radius 2 is 1.75 bits per heavy atom. The van der Waals surface area contributed by atoms with Crippen molar-refractivity contribution < 1.29 is 9.53 Å². The molecule has 0 fully saturated rings. The highest BCUT2D eigenvalue weighted by Crippen LogP contribution is 2.19. The maximum atomic E-state index is 11.4. The van der Waals surface area contributed by atoms with E-state index in [9.17, 15) is 4.79 Å². The van der Waals surface area contributed by atoms with Crippen molar-refractivity contribution in [3.63, 3.8) is 0 Å². The van der Waals surface area contributed by atoms with Crippen LogP contribution in [0.25, 0.3) is 0 Å². The fourth-order valence-corrected chi connectivity index (χ4v) is 2.90. The summed E-state index contributed by atoms with van der Waals surface area (Å²) in [7, 11) is 0. The SMILES string of the molecule is CC(C)(C)OC(=O)NCCNCc1cc(Br)cc(Br)c1. The molecular weight excluding hydrogens is 388 g/mol. The first-order valence-electron chi connectivity index (χ1n) is 6.39. The molecule has 0 aromatic heterocycles. The lowest BCUT2D eigenvalue weighted by molar-refractivity contribution is 0.0528. The highest BCUT2D eigenvalue weighted by molar-refractivity contribution is 9.11. The number of halogens is 2. The summed E-state index contributed by atoms with van der Waals surface area (Å²) in [4.78, 5) is 11.4. The molecule has 1 rings (SSSR count). The fraction of sp³-hybridized carbons (Fsp3) is 0.500. The number of rotatable bonds is 5. The number of carbonyl (C=O) groups excluding carboxylic acids is 1. The van der Waals surface area contributed by atoms with Crippen molar-refractivity contribution in [1.82, 2.24) is 10.6 Å². The average molecular weight is 408 g/mol. The number of alkyl carbamates (subject to hydrolysis) is 1. The number of hydrogen-bond acceptors (Lipinski definition) is 3. The van der Waals surface area contributed by atoms with Crippen molar-refractivity contribution in [1.29, 1.82) is 0 Å². The van der Waals surface area contributed by atoms with Crippen LogP contribution in [0.4, 0.5) is 4.79 Å². The second-order valence-corrected chi connectivity index (χ2v) is 7.21. The molecule has 0 aliphatic rings. The van der Waals surface area contributed by atoms with E-state index in [1.807, 2.05) is 26.8 Å². The van der Waals surface area contributed by atoms with Gasteiger partial charge < -0.3 is 15.4 Å². The van der Waals surface area contributed by atoms with Crippen LogP contribution in [-0.2, 0) is 11.3 Å². The zero-order chi connectivity index (χ0) is 15.2. The fourth-order valence-electron chi connectivity index (χ4n) is 1.51. The summed E-state index contributed by atoms with van der Waals surface area (Å²) in [5, 5.41) is 5.97. The Bertz CT molecular complexity index is 439. The molecule has 0 aliphatic heterocycles. The van der Waals surface area contributed by atoms with Gasteiger partial charge in [-0.2, -0.15) is 0 Å². The van der Waals surface area contributed by atoms with Gasteiger partial charge in [0.25, 0.3) is 0 Å². The van der Waals surface area contributed by atoms with Gasteiger partial charge in [-0.15, -0.1) is 0 Å². The Kier molecular flexibility index (Phi) is 6.99. The average Bonchev–Trinajstić information content (AvgIpc) is 2.24. The molecule has 0 radical (unpaired) electrons. The van der Waals surface area contributed by atoms with Crippen LogP contribution in [0.5, 0.6) is 0 Å². The smallest absolute Gasteiger partial charge is 0.407 e. The highest BCUT2D eigenvalue weighted by atomic mass is 79.9. The molecule has 0 atom stereocenters. The third kappa shape index (κ3) is 7.87. The first-order chi connectivity index (χ1) is 9.26. The third-order valence-electron chi connectivity index (χ3n) is 2.22. The summed E-state index contributed by atoms with van der Waals surface area (Å²) < 4.78 is 7.22. The molecular formula is C14H20Br2N2O2. The van der Waals surface area contributed by atoms with Crippen LogP contribution >= 0.6 is 31.9 Å². The zero-order valence-electron chi connectivity index (χ0n) is 11.9. The summed E-state index contributed by atoms with van der Waals surface area (Å²) in [6.45, 7) is 7.49. The van der Waals surface area contributed by atoms with Crippen LogP contribution in [0.2, 0.25) is 0 Å². The molecule has 1 amide bonds. The van der Waals surface area contributed by atoms with Crippen LogP contribution in [0, 0.1) is 0 Å². The second kappa shape index (κ2) is 8.00. The van der Waals surface area contributed by atoms with E-state index in [1.165, 1.54) is 5.56 Å². The van der Waals surface area contributed by atoms with Gasteiger partial charge in [0.15, 0.2) is 0 Å². The first kappa shape index (κ1) is 17.5. The number of ether oxygens (including phenoxy) is 1. The minimum atomic E-state index is -0.458. The van der Waals surface area contributed by atoms with Gasteiger partial charge in [-0.1, -0.05) is 31.9 Å². The molecule has 112 valence electrons. The Hall–Kier alpha value is -0.590. The number of amides is 1. The van der Waals surface area contributed by atoms with Gasteiger partial charge in [0.2, 0.25) is 0 Å². The van der Waals surface area contributed by atoms with Crippen molar-refractivity contribution in [2.45, 2.75) is 32.9 Å². The molecule has 0 saturated heterocycles. The van der Waals surface area contributed by atoms with Crippen LogP contribution in [0.15, 0.2) is 27.1 Å². The van der Waals surface area contributed by atoms with E-state index in [4.69, 9.17) is 4.74 Å². The summed E-state index contributed by atoms with van der Waals surface area (Å²) >= 11 is 6.90. The zero-order valence-corrected chi connectivity index (χ0v) is 15.1. The topological polar surface area (TPSA) is 50.4 Å². The number of carbonyl (C=O) groups is 1. The third-order valence-corrected chi connectivity index (χ3v) is 3.14. The van der Waals surface area contributed by atoms with Crippen LogP contribution < -0.4 is 10.6 Å². The number of hydrogen-bond donors (Lipinski definition) is 2. The van der Waals surface area contributed by atoms with Gasteiger partial charge in [-0.3, -0.25) is 0 Å². The molecule has 20 heavy (non-hydrogen) atoms. The Labute approximate surface area is 136 Å². The normalized spacial score (nSPS) is 11.2. The highest BCUT2D eigenvalue weighted by Gasteiger charge is 2.15. The molecule has 0 unspecified atom stereocenters. The quantitative estimate of drug-likeness (QED) is 0.729. The molecule has 2 N–H and O–H groups in total. The van der Waals surface area contributed by atoms with Gasteiger partial charge >= 0.3 is 6.09 Å². The molecule has 1 aromatic rings. The summed E-state index contributed by atoms with van der Waals surface area (Å²) in [6, 6.07) is 6.10. The lowest BCUT2D eigenvalue weighted by Gasteiger charge is -2.19. The second-order valence-electron chi connectivity index (χ2n) is 5.38. The van der Waals surface area contributed by atoms with Crippen molar-refractivity contribution in [2.24, 2.45) is 0 Å². The Balaban J connectivity index is 2.20. The van der Waals surface area contributed by atoms with E-state index in [-0.39, 0.29) is 6.09 Å². The predicted octanol–water partition coefficient (Wildman–Crippen LogP) is 3.83. The van der Waals surface area contributed by atoms with Gasteiger partial charge in [0.1, 0.15) is 5.60 Å². The van der Waals surface area contributed by atoms with Gasteiger partial charge in [0.05, 0.1) is 0 Å². The minimum Gasteiger partial charge on any atom is -0.444 e. The molecule has 6 heteroatoms. The molecule has 0 heterocycles. The van der Waals surface area contributed by atoms with E-state index in [0.717, 1.165) is 15.5 Å². The van der Waals surface area contributed by atoms with Gasteiger partial charge in [0, 0.05) is 28.6 Å². The van der Waals surface area contributed by atoms with Crippen molar-refractivity contribution in [3.8, 4) is 0 Å². The molecule has 1 aromatic carbocycles. The summed E-state index contributed by atoms with van der Waals surface area (Å²) in [5.74, 6) is 0. The first-order valence-corrected chi connectivity index (χ1v) is 7.97. The monoisotopic (exact) mass is 406 g/mol. The van der Waals surface area contributed by atoms with Crippen molar-refractivity contribution in [2.75, 3.05) is 13.1 Å². The van der Waals surface area contributed by atoms with Crippen molar-refractivity contribution in [3.05, 3.63) is 32.7 Å². The van der Waals surface area contributed by atoms with Gasteiger partial charge in [-0.25, -0.2) is 4.79 Å². The van der Waals surface area contributed by atoms with E-state index >= 15 is 0 Å². The molecule has 0 saturated carbocycles. The molecule has 0 bridgehead atoms. The van der Waals surface area contributed by atoms with Gasteiger partial charge in [-0.05, 0) is 44.5 Å². The van der Waals surface area contributed by atoms with Crippen LogP contribution in [0.1, 0.15) is 26.3 Å². The molecule has 0 spiro atoms. The maximum Gasteiger partial charge on any atom is 0.407 e. The molecule has 0 aliphatic carbocycles. The van der Waals surface area contributed by atoms with E-state index < -0.39 is 5.60 Å². The largest absolute Gasteiger partial charge is 0.444 e. The number of benzene rings is 1. The van der Waals surface area contributed by atoms with E-state index in [1.54, 1.807) is 0 Å².